The first-order chi connectivity index (χ1) is 7.72. The topological polar surface area (TPSA) is 40.5 Å². The van der Waals surface area contributed by atoms with Gasteiger partial charge in [-0.1, -0.05) is 0 Å². The second kappa shape index (κ2) is 4.78. The van der Waals surface area contributed by atoms with E-state index >= 15 is 0 Å². The van der Waals surface area contributed by atoms with Gasteiger partial charge in [-0.15, -0.1) is 11.8 Å². The smallest absolute Gasteiger partial charge is 0.257 e. The molecule has 1 aromatic rings. The molecule has 4 heteroatoms. The predicted molar refractivity (Wildman–Crippen MR) is 65.0 cm³/mol. The Morgan fingerprint density at radius 2 is 2.06 bits per heavy atom. The lowest BCUT2D eigenvalue weighted by atomic mass is 10.2. The Bertz CT molecular complexity index is 400. The predicted octanol–water partition coefficient (Wildman–Crippen LogP) is 2.35. The lowest BCUT2D eigenvalue weighted by molar-refractivity contribution is 0.0789. The number of aromatic hydroxyl groups is 1. The number of hydrogen-bond acceptors (Lipinski definition) is 3. The van der Waals surface area contributed by atoms with Crippen LogP contribution in [0.2, 0.25) is 0 Å². The van der Waals surface area contributed by atoms with Gasteiger partial charge in [-0.05, 0) is 37.3 Å². The quantitative estimate of drug-likeness (QED) is 0.803. The molecule has 1 aromatic carbocycles. The number of thioether (sulfide) groups is 1. The minimum absolute atomic E-state index is 0.0501. The Morgan fingerprint density at radius 1 is 1.38 bits per heavy atom. The molecule has 1 amide bonds. The van der Waals surface area contributed by atoms with Gasteiger partial charge in [-0.3, -0.25) is 4.79 Å². The summed E-state index contributed by atoms with van der Waals surface area (Å²) in [6.45, 7) is 1.61. The Hall–Kier alpha value is -1.16. The Kier molecular flexibility index (Phi) is 3.39. The van der Waals surface area contributed by atoms with Crippen LogP contribution in [0.25, 0.3) is 0 Å². The van der Waals surface area contributed by atoms with E-state index < -0.39 is 0 Å². The normalized spacial score (nSPS) is 15.4. The SMILES string of the molecule is CSc1ccc(O)c(C(=O)N2CCCC2)c1. The van der Waals surface area contributed by atoms with Gasteiger partial charge in [0.1, 0.15) is 5.75 Å². The van der Waals surface area contributed by atoms with Gasteiger partial charge in [0.2, 0.25) is 0 Å². The molecule has 0 radical (unpaired) electrons. The number of hydrogen-bond donors (Lipinski definition) is 1. The lowest BCUT2D eigenvalue weighted by Gasteiger charge is -2.16. The lowest BCUT2D eigenvalue weighted by Crippen LogP contribution is -2.27. The van der Waals surface area contributed by atoms with Gasteiger partial charge in [0, 0.05) is 18.0 Å². The molecule has 1 N–H and O–H groups in total. The monoisotopic (exact) mass is 237 g/mol. The molecule has 0 aliphatic carbocycles. The highest BCUT2D eigenvalue weighted by Crippen LogP contribution is 2.26. The average molecular weight is 237 g/mol. The number of likely N-dealkylation sites (tertiary alicyclic amines) is 1. The summed E-state index contributed by atoms with van der Waals surface area (Å²) in [7, 11) is 0. The first kappa shape index (κ1) is 11.3. The maximum atomic E-state index is 12.1. The van der Waals surface area contributed by atoms with Crippen LogP contribution in [-0.2, 0) is 0 Å². The molecular formula is C12H15NO2S. The van der Waals surface area contributed by atoms with E-state index in [4.69, 9.17) is 0 Å². The van der Waals surface area contributed by atoms with Crippen molar-refractivity contribution in [3.8, 4) is 5.75 Å². The molecule has 0 unspecified atom stereocenters. The van der Waals surface area contributed by atoms with Crippen LogP contribution in [0.15, 0.2) is 23.1 Å². The van der Waals surface area contributed by atoms with Crippen molar-refractivity contribution in [1.29, 1.82) is 0 Å². The number of rotatable bonds is 2. The molecule has 1 fully saturated rings. The third-order valence-corrected chi connectivity index (χ3v) is 3.55. The third-order valence-electron chi connectivity index (χ3n) is 2.83. The molecule has 0 saturated carbocycles. The maximum absolute atomic E-state index is 12.1. The van der Waals surface area contributed by atoms with Crippen molar-refractivity contribution in [3.05, 3.63) is 23.8 Å². The van der Waals surface area contributed by atoms with Crippen molar-refractivity contribution in [2.45, 2.75) is 17.7 Å². The number of carbonyl (C=O) groups is 1. The van der Waals surface area contributed by atoms with Crippen molar-refractivity contribution in [3.63, 3.8) is 0 Å². The van der Waals surface area contributed by atoms with Crippen molar-refractivity contribution in [2.24, 2.45) is 0 Å². The van der Waals surface area contributed by atoms with Crippen molar-refractivity contribution in [1.82, 2.24) is 4.90 Å². The Balaban J connectivity index is 2.27. The van der Waals surface area contributed by atoms with Crippen molar-refractivity contribution >= 4 is 17.7 Å². The van der Waals surface area contributed by atoms with E-state index in [1.54, 1.807) is 28.8 Å². The Labute approximate surface area is 99.5 Å². The van der Waals surface area contributed by atoms with Gasteiger partial charge >= 0.3 is 0 Å². The fourth-order valence-electron chi connectivity index (χ4n) is 1.90. The van der Waals surface area contributed by atoms with E-state index in [1.165, 1.54) is 0 Å². The van der Waals surface area contributed by atoms with Crippen molar-refractivity contribution in [2.75, 3.05) is 19.3 Å². The van der Waals surface area contributed by atoms with Gasteiger partial charge in [0.05, 0.1) is 5.56 Å². The van der Waals surface area contributed by atoms with Gasteiger partial charge < -0.3 is 10.0 Å². The van der Waals surface area contributed by atoms with E-state index in [0.29, 0.717) is 5.56 Å². The molecule has 0 bridgehead atoms. The molecule has 0 spiro atoms. The van der Waals surface area contributed by atoms with Crippen LogP contribution in [0.3, 0.4) is 0 Å². The number of amides is 1. The molecule has 1 saturated heterocycles. The van der Waals surface area contributed by atoms with Crippen LogP contribution in [-0.4, -0.2) is 35.3 Å². The number of phenols is 1. The first-order valence-electron chi connectivity index (χ1n) is 5.38. The highest BCUT2D eigenvalue weighted by atomic mass is 32.2. The van der Waals surface area contributed by atoms with Crippen LogP contribution in [0.4, 0.5) is 0 Å². The number of phenolic OH excluding ortho intramolecular Hbond substituents is 1. The summed E-state index contributed by atoms with van der Waals surface area (Å²) in [4.78, 5) is 14.9. The minimum atomic E-state index is -0.0501. The summed E-state index contributed by atoms with van der Waals surface area (Å²) >= 11 is 1.57. The van der Waals surface area contributed by atoms with Crippen LogP contribution >= 0.6 is 11.8 Å². The van der Waals surface area contributed by atoms with E-state index in [9.17, 15) is 9.90 Å². The third kappa shape index (κ3) is 2.16. The van der Waals surface area contributed by atoms with E-state index in [1.807, 2.05) is 12.3 Å². The van der Waals surface area contributed by atoms with E-state index in [0.717, 1.165) is 30.8 Å². The van der Waals surface area contributed by atoms with Gasteiger partial charge in [0.25, 0.3) is 5.91 Å². The van der Waals surface area contributed by atoms with Gasteiger partial charge in [-0.25, -0.2) is 0 Å². The number of nitrogens with zero attached hydrogens (tertiary/aromatic N) is 1. The summed E-state index contributed by atoms with van der Waals surface area (Å²) < 4.78 is 0. The summed E-state index contributed by atoms with van der Waals surface area (Å²) in [5, 5.41) is 9.70. The van der Waals surface area contributed by atoms with Crippen LogP contribution in [0, 0.1) is 0 Å². The molecule has 16 heavy (non-hydrogen) atoms. The molecule has 3 nitrogen and oxygen atoms in total. The standard InChI is InChI=1S/C12H15NO2S/c1-16-9-4-5-11(14)10(8-9)12(15)13-6-2-3-7-13/h4-5,8,14H,2-3,6-7H2,1H3. The van der Waals surface area contributed by atoms with Gasteiger partial charge in [-0.2, -0.15) is 0 Å². The summed E-state index contributed by atoms with van der Waals surface area (Å²) in [6.07, 6.45) is 4.08. The number of carbonyl (C=O) groups excluding carboxylic acids is 1. The molecule has 2 rings (SSSR count). The molecular weight excluding hydrogens is 222 g/mol. The highest BCUT2D eigenvalue weighted by molar-refractivity contribution is 7.98. The molecule has 1 aliphatic heterocycles. The molecule has 0 aromatic heterocycles. The molecule has 1 heterocycles. The highest BCUT2D eigenvalue weighted by Gasteiger charge is 2.21. The van der Waals surface area contributed by atoms with Crippen LogP contribution in [0.5, 0.6) is 5.75 Å². The van der Waals surface area contributed by atoms with Crippen molar-refractivity contribution < 1.29 is 9.90 Å². The second-order valence-corrected chi connectivity index (χ2v) is 4.76. The fourth-order valence-corrected chi connectivity index (χ4v) is 2.34. The average Bonchev–Trinajstić information content (AvgIpc) is 2.82. The van der Waals surface area contributed by atoms with Crippen LogP contribution in [0.1, 0.15) is 23.2 Å². The summed E-state index contributed by atoms with van der Waals surface area (Å²) in [5.74, 6) is 0.0283. The summed E-state index contributed by atoms with van der Waals surface area (Å²) in [6, 6.07) is 5.18. The molecule has 0 atom stereocenters. The van der Waals surface area contributed by atoms with Crippen LogP contribution < -0.4 is 0 Å². The molecule has 86 valence electrons. The van der Waals surface area contributed by atoms with E-state index in [-0.39, 0.29) is 11.7 Å². The van der Waals surface area contributed by atoms with E-state index in [2.05, 4.69) is 0 Å². The largest absolute Gasteiger partial charge is 0.507 e. The zero-order chi connectivity index (χ0) is 11.5. The first-order valence-corrected chi connectivity index (χ1v) is 6.61. The fraction of sp³-hybridized carbons (Fsp3) is 0.417. The second-order valence-electron chi connectivity index (χ2n) is 3.88. The minimum Gasteiger partial charge on any atom is -0.507 e. The van der Waals surface area contributed by atoms with Gasteiger partial charge in [0.15, 0.2) is 0 Å². The number of benzene rings is 1. The summed E-state index contributed by atoms with van der Waals surface area (Å²) in [5.41, 5.74) is 0.425. The Morgan fingerprint density at radius 3 is 2.69 bits per heavy atom. The molecule has 1 aliphatic rings. The maximum Gasteiger partial charge on any atom is 0.257 e. The zero-order valence-electron chi connectivity index (χ0n) is 9.27. The zero-order valence-corrected chi connectivity index (χ0v) is 10.1.